The van der Waals surface area contributed by atoms with Crippen LogP contribution in [-0.4, -0.2) is 53.9 Å². The number of rotatable bonds is 6. The molecular formula is C20H27NO7. The molecule has 4 unspecified atom stereocenters. The van der Waals surface area contributed by atoms with E-state index in [0.717, 1.165) is 0 Å². The lowest BCUT2D eigenvalue weighted by Crippen LogP contribution is -2.55. The van der Waals surface area contributed by atoms with Crippen LogP contribution < -0.4 is 4.74 Å². The Labute approximate surface area is 164 Å². The lowest BCUT2D eigenvalue weighted by Gasteiger charge is -2.44. The fourth-order valence-electron chi connectivity index (χ4n) is 3.83. The Balaban J connectivity index is 2.64. The second-order valence-electron chi connectivity index (χ2n) is 6.88. The van der Waals surface area contributed by atoms with Crippen molar-refractivity contribution in [3.63, 3.8) is 0 Å². The first-order chi connectivity index (χ1) is 13.3. The number of esters is 2. The Morgan fingerprint density at radius 2 is 1.71 bits per heavy atom. The van der Waals surface area contributed by atoms with Gasteiger partial charge in [0.2, 0.25) is 0 Å². The average molecular weight is 393 g/mol. The molecule has 0 spiro atoms. The molecule has 1 aromatic rings. The third kappa shape index (κ3) is 4.27. The highest BCUT2D eigenvalue weighted by Crippen LogP contribution is 2.47. The topological polar surface area (TPSA) is 115 Å². The number of hydrogen-bond acceptors (Lipinski definition) is 8. The van der Waals surface area contributed by atoms with Gasteiger partial charge in [0.15, 0.2) is 0 Å². The maximum absolute atomic E-state index is 12.8. The molecule has 1 aliphatic rings. The largest absolute Gasteiger partial charge is 0.497 e. The molecule has 0 amide bonds. The quantitative estimate of drug-likeness (QED) is 0.432. The molecule has 8 heteroatoms. The number of carbonyl (C=O) groups is 2. The van der Waals surface area contributed by atoms with Crippen LogP contribution in [0.3, 0.4) is 0 Å². The molecule has 1 aliphatic carbocycles. The molecule has 0 heterocycles. The smallest absolute Gasteiger partial charge is 0.315 e. The number of aliphatic hydroxyl groups is 1. The summed E-state index contributed by atoms with van der Waals surface area (Å²) in [6.45, 7) is 5.06. The van der Waals surface area contributed by atoms with Gasteiger partial charge in [0, 0.05) is 12.3 Å². The zero-order valence-corrected chi connectivity index (χ0v) is 16.5. The molecule has 0 radical (unpaired) electrons. The van der Waals surface area contributed by atoms with E-state index in [1.807, 2.05) is 0 Å². The predicted molar refractivity (Wildman–Crippen MR) is 100 cm³/mol. The van der Waals surface area contributed by atoms with Crippen molar-refractivity contribution < 1.29 is 34.1 Å². The normalized spacial score (nSPS) is 28.6. The summed E-state index contributed by atoms with van der Waals surface area (Å²) in [6.07, 6.45) is -0.164. The van der Waals surface area contributed by atoms with Crippen LogP contribution in [0.15, 0.2) is 29.4 Å². The van der Waals surface area contributed by atoms with Crippen molar-refractivity contribution in [2.75, 3.05) is 20.3 Å². The van der Waals surface area contributed by atoms with Gasteiger partial charge in [-0.05, 0) is 38.5 Å². The van der Waals surface area contributed by atoms with Gasteiger partial charge in [-0.15, -0.1) is 0 Å². The summed E-state index contributed by atoms with van der Waals surface area (Å²) in [5.41, 5.74) is -0.927. The summed E-state index contributed by atoms with van der Waals surface area (Å²) in [5, 5.41) is 23.8. The van der Waals surface area contributed by atoms with E-state index in [1.165, 1.54) is 14.0 Å². The lowest BCUT2D eigenvalue weighted by atomic mass is 9.61. The second-order valence-corrected chi connectivity index (χ2v) is 6.88. The zero-order chi connectivity index (χ0) is 20.9. The molecule has 154 valence electrons. The summed E-state index contributed by atoms with van der Waals surface area (Å²) in [7, 11) is 1.53. The van der Waals surface area contributed by atoms with E-state index in [2.05, 4.69) is 5.16 Å². The third-order valence-corrected chi connectivity index (χ3v) is 5.00. The summed E-state index contributed by atoms with van der Waals surface area (Å²) in [6, 6.07) is 6.80. The highest BCUT2D eigenvalue weighted by molar-refractivity contribution is 6.05. The molecule has 0 saturated heterocycles. The van der Waals surface area contributed by atoms with Gasteiger partial charge < -0.3 is 24.5 Å². The van der Waals surface area contributed by atoms with Crippen molar-refractivity contribution in [3.8, 4) is 5.75 Å². The Bertz CT molecular complexity index is 727. The standard InChI is InChI=1S/C20H27NO7/c1-5-27-18(22)16-14(21-25)11-20(3,24)17(19(23)28-6-2)15(16)12-7-9-13(26-4)10-8-12/h7-10,15-17,24-25H,5-6,11H2,1-4H3/b21-14-. The number of oxime groups is 1. The number of hydrogen-bond donors (Lipinski definition) is 2. The fourth-order valence-corrected chi connectivity index (χ4v) is 3.83. The van der Waals surface area contributed by atoms with Crippen LogP contribution in [0.5, 0.6) is 5.75 Å². The van der Waals surface area contributed by atoms with Crippen LogP contribution in [0.4, 0.5) is 0 Å². The minimum absolute atomic E-state index is 0.0600. The van der Waals surface area contributed by atoms with Crippen LogP contribution in [0.2, 0.25) is 0 Å². The highest BCUT2D eigenvalue weighted by atomic mass is 16.5. The summed E-state index contributed by atoms with van der Waals surface area (Å²) in [4.78, 5) is 25.5. The fraction of sp³-hybridized carbons (Fsp3) is 0.550. The zero-order valence-electron chi connectivity index (χ0n) is 16.5. The number of carbonyl (C=O) groups excluding carboxylic acids is 2. The Hall–Kier alpha value is -2.61. The van der Waals surface area contributed by atoms with Gasteiger partial charge >= 0.3 is 11.9 Å². The molecule has 4 atom stereocenters. The number of nitrogens with zero attached hydrogens (tertiary/aromatic N) is 1. The van der Waals surface area contributed by atoms with Crippen molar-refractivity contribution >= 4 is 17.7 Å². The van der Waals surface area contributed by atoms with E-state index in [1.54, 1.807) is 38.1 Å². The van der Waals surface area contributed by atoms with Gasteiger partial charge in [-0.3, -0.25) is 9.59 Å². The first kappa shape index (κ1) is 21.7. The van der Waals surface area contributed by atoms with Gasteiger partial charge in [0.1, 0.15) is 11.7 Å². The van der Waals surface area contributed by atoms with Crippen LogP contribution in [-0.2, 0) is 19.1 Å². The summed E-state index contributed by atoms with van der Waals surface area (Å²) in [5.74, 6) is -3.57. The molecule has 28 heavy (non-hydrogen) atoms. The Morgan fingerprint density at radius 3 is 2.21 bits per heavy atom. The molecule has 2 rings (SSSR count). The molecule has 1 fully saturated rings. The monoisotopic (exact) mass is 393 g/mol. The first-order valence-electron chi connectivity index (χ1n) is 9.21. The van der Waals surface area contributed by atoms with E-state index in [4.69, 9.17) is 14.2 Å². The number of methoxy groups -OCH3 is 1. The van der Waals surface area contributed by atoms with E-state index in [-0.39, 0.29) is 25.3 Å². The second kappa shape index (κ2) is 9.05. The molecule has 2 N–H and O–H groups in total. The minimum Gasteiger partial charge on any atom is -0.497 e. The molecule has 0 aliphatic heterocycles. The third-order valence-electron chi connectivity index (χ3n) is 5.00. The Kier molecular flexibility index (Phi) is 7.01. The van der Waals surface area contributed by atoms with Crippen LogP contribution >= 0.6 is 0 Å². The minimum atomic E-state index is -1.58. The van der Waals surface area contributed by atoms with Crippen LogP contribution in [0, 0.1) is 11.8 Å². The van der Waals surface area contributed by atoms with Crippen molar-refractivity contribution in [2.45, 2.75) is 38.7 Å². The molecule has 0 aromatic heterocycles. The molecule has 0 bridgehead atoms. The lowest BCUT2D eigenvalue weighted by molar-refractivity contribution is -0.163. The summed E-state index contributed by atoms with van der Waals surface area (Å²) >= 11 is 0. The first-order valence-corrected chi connectivity index (χ1v) is 9.21. The van der Waals surface area contributed by atoms with Crippen molar-refractivity contribution in [2.24, 2.45) is 17.0 Å². The van der Waals surface area contributed by atoms with E-state index < -0.39 is 35.3 Å². The van der Waals surface area contributed by atoms with E-state index in [0.29, 0.717) is 11.3 Å². The van der Waals surface area contributed by atoms with Crippen LogP contribution in [0.1, 0.15) is 38.7 Å². The van der Waals surface area contributed by atoms with Gasteiger partial charge in [-0.25, -0.2) is 0 Å². The van der Waals surface area contributed by atoms with Gasteiger partial charge in [0.05, 0.1) is 37.6 Å². The average Bonchev–Trinajstić information content (AvgIpc) is 2.66. The van der Waals surface area contributed by atoms with Crippen molar-refractivity contribution in [1.82, 2.24) is 0 Å². The van der Waals surface area contributed by atoms with E-state index in [9.17, 15) is 19.9 Å². The summed E-state index contributed by atoms with van der Waals surface area (Å²) < 4.78 is 15.5. The maximum Gasteiger partial charge on any atom is 0.315 e. The molecule has 8 nitrogen and oxygen atoms in total. The molecular weight excluding hydrogens is 366 g/mol. The number of ether oxygens (including phenoxy) is 3. The SMILES string of the molecule is CCOC(=O)C1/C(=N\O)CC(C)(O)C(C(=O)OCC)C1c1ccc(OC)cc1. The van der Waals surface area contributed by atoms with E-state index >= 15 is 0 Å². The maximum atomic E-state index is 12.8. The van der Waals surface area contributed by atoms with Gasteiger partial charge in [-0.1, -0.05) is 17.3 Å². The van der Waals surface area contributed by atoms with Crippen molar-refractivity contribution in [3.05, 3.63) is 29.8 Å². The van der Waals surface area contributed by atoms with Crippen molar-refractivity contribution in [1.29, 1.82) is 0 Å². The molecule has 1 saturated carbocycles. The number of benzene rings is 1. The van der Waals surface area contributed by atoms with Gasteiger partial charge in [0.25, 0.3) is 0 Å². The molecule has 1 aromatic carbocycles. The van der Waals surface area contributed by atoms with Gasteiger partial charge in [-0.2, -0.15) is 0 Å². The van der Waals surface area contributed by atoms with Crippen LogP contribution in [0.25, 0.3) is 0 Å². The highest BCUT2D eigenvalue weighted by Gasteiger charge is 2.56. The Morgan fingerprint density at radius 1 is 1.14 bits per heavy atom. The predicted octanol–water partition coefficient (Wildman–Crippen LogP) is 2.12.